The molecule has 2 aromatic rings. The van der Waals surface area contributed by atoms with Gasteiger partial charge >= 0.3 is 0 Å². The maximum absolute atomic E-state index is 12.4. The van der Waals surface area contributed by atoms with Crippen LogP contribution in [0.25, 0.3) is 0 Å². The van der Waals surface area contributed by atoms with Gasteiger partial charge in [0.25, 0.3) is 0 Å². The summed E-state index contributed by atoms with van der Waals surface area (Å²) in [5, 5.41) is 13.4. The van der Waals surface area contributed by atoms with Gasteiger partial charge in [0.1, 0.15) is 4.90 Å². The van der Waals surface area contributed by atoms with Crippen LogP contribution in [0.4, 0.5) is 0 Å². The smallest absolute Gasteiger partial charge is 0.244 e. The third-order valence-electron chi connectivity index (χ3n) is 2.78. The molecule has 0 aliphatic heterocycles. The zero-order chi connectivity index (χ0) is 15.3. The van der Waals surface area contributed by atoms with Crippen LogP contribution in [0.1, 0.15) is 30.6 Å². The predicted octanol–water partition coefficient (Wildman–Crippen LogP) is 0.0792. The average molecular weight is 314 g/mol. The quantitative estimate of drug-likeness (QED) is 0.589. The minimum atomic E-state index is -3.70. The largest absolute Gasteiger partial charge is 0.343 e. The Morgan fingerprint density at radius 3 is 2.86 bits per heavy atom. The lowest BCUT2D eigenvalue weighted by Gasteiger charge is -2.07. The van der Waals surface area contributed by atoms with Crippen LogP contribution in [0.3, 0.4) is 0 Å². The number of rotatable bonds is 8. The summed E-state index contributed by atoms with van der Waals surface area (Å²) < 4.78 is 31.7. The number of aromatic nitrogens is 4. The number of aromatic amines is 1. The van der Waals surface area contributed by atoms with E-state index in [-0.39, 0.29) is 17.3 Å². The van der Waals surface area contributed by atoms with E-state index in [9.17, 15) is 8.42 Å². The molecule has 0 atom stereocenters. The molecule has 2 rings (SSSR count). The molecule has 10 heteroatoms. The first-order valence-electron chi connectivity index (χ1n) is 6.54. The van der Waals surface area contributed by atoms with E-state index in [0.717, 1.165) is 19.4 Å². The van der Waals surface area contributed by atoms with Crippen LogP contribution in [-0.2, 0) is 23.1 Å². The second-order valence-corrected chi connectivity index (χ2v) is 6.18. The van der Waals surface area contributed by atoms with Gasteiger partial charge in [-0.1, -0.05) is 12.1 Å². The number of aryl methyl sites for hydroxylation is 1. The highest BCUT2D eigenvalue weighted by atomic mass is 32.2. The lowest BCUT2D eigenvalue weighted by atomic mass is 10.3. The molecule has 9 nitrogen and oxygen atoms in total. The van der Waals surface area contributed by atoms with Gasteiger partial charge in [0.15, 0.2) is 5.82 Å². The lowest BCUT2D eigenvalue weighted by molar-refractivity contribution is 0.409. The number of sulfonamides is 1. The van der Waals surface area contributed by atoms with E-state index >= 15 is 0 Å². The van der Waals surface area contributed by atoms with Crippen molar-refractivity contribution in [3.63, 3.8) is 0 Å². The molecule has 0 unspecified atom stereocenters. The number of H-pyrrole nitrogens is 1. The van der Waals surface area contributed by atoms with Gasteiger partial charge in [-0.2, -0.15) is 10.1 Å². The van der Waals surface area contributed by atoms with Crippen molar-refractivity contribution in [2.75, 3.05) is 6.54 Å². The second-order valence-electron chi connectivity index (χ2n) is 4.47. The molecule has 2 heterocycles. The molecule has 0 aromatic carbocycles. The van der Waals surface area contributed by atoms with Gasteiger partial charge in [0.2, 0.25) is 16.4 Å². The Balaban J connectivity index is 2.13. The highest BCUT2D eigenvalue weighted by molar-refractivity contribution is 7.89. The predicted molar refractivity (Wildman–Crippen MR) is 73.6 cm³/mol. The molecule has 3 N–H and O–H groups in total. The second kappa shape index (κ2) is 6.78. The van der Waals surface area contributed by atoms with Crippen LogP contribution >= 0.6 is 0 Å². The van der Waals surface area contributed by atoms with Crippen molar-refractivity contribution < 1.29 is 12.9 Å². The molecule has 0 fully saturated rings. The zero-order valence-corrected chi connectivity index (χ0v) is 12.7. The van der Waals surface area contributed by atoms with E-state index in [1.54, 1.807) is 6.92 Å². The number of hydrogen-bond donors (Lipinski definition) is 3. The Kier molecular flexibility index (Phi) is 5.04. The van der Waals surface area contributed by atoms with Gasteiger partial charge in [-0.25, -0.2) is 13.1 Å². The molecular weight excluding hydrogens is 296 g/mol. The van der Waals surface area contributed by atoms with Crippen LogP contribution in [0.5, 0.6) is 0 Å². The molecule has 0 aliphatic carbocycles. The number of nitrogens with one attached hydrogen (secondary N) is 3. The first-order chi connectivity index (χ1) is 10.0. The van der Waals surface area contributed by atoms with Crippen molar-refractivity contribution >= 4 is 10.0 Å². The monoisotopic (exact) mass is 314 g/mol. The van der Waals surface area contributed by atoms with Gasteiger partial charge in [-0.15, -0.1) is 0 Å². The Labute approximate surface area is 122 Å². The summed E-state index contributed by atoms with van der Waals surface area (Å²) in [6.07, 6.45) is 2.11. The van der Waals surface area contributed by atoms with Crippen molar-refractivity contribution in [1.82, 2.24) is 30.4 Å². The fourth-order valence-electron chi connectivity index (χ4n) is 1.83. The minimum absolute atomic E-state index is 0.0364. The van der Waals surface area contributed by atoms with Gasteiger partial charge < -0.3 is 9.84 Å². The third-order valence-corrected chi connectivity index (χ3v) is 4.38. The van der Waals surface area contributed by atoms with Crippen molar-refractivity contribution in [3.05, 3.63) is 23.6 Å². The lowest BCUT2D eigenvalue weighted by Crippen LogP contribution is -2.26. The first kappa shape index (κ1) is 15.6. The van der Waals surface area contributed by atoms with Gasteiger partial charge in [-0.05, 0) is 19.9 Å². The van der Waals surface area contributed by atoms with E-state index < -0.39 is 10.0 Å². The van der Waals surface area contributed by atoms with Crippen molar-refractivity contribution in [2.24, 2.45) is 0 Å². The summed E-state index contributed by atoms with van der Waals surface area (Å²) >= 11 is 0. The molecule has 21 heavy (non-hydrogen) atoms. The van der Waals surface area contributed by atoms with Crippen LogP contribution in [-0.4, -0.2) is 35.3 Å². The molecule has 0 radical (unpaired) electrons. The van der Waals surface area contributed by atoms with Crippen LogP contribution < -0.4 is 10.0 Å². The summed E-state index contributed by atoms with van der Waals surface area (Å²) in [6, 6.07) is 0. The van der Waals surface area contributed by atoms with Gasteiger partial charge in [-0.3, -0.25) is 5.10 Å². The van der Waals surface area contributed by atoms with Crippen LogP contribution in [0.15, 0.2) is 15.8 Å². The van der Waals surface area contributed by atoms with Gasteiger partial charge in [0.05, 0.1) is 17.9 Å². The topological polar surface area (TPSA) is 126 Å². The Bertz CT molecular complexity index is 664. The van der Waals surface area contributed by atoms with Crippen molar-refractivity contribution in [3.8, 4) is 0 Å². The Hall–Kier alpha value is -1.78. The van der Waals surface area contributed by atoms with E-state index in [1.807, 2.05) is 6.92 Å². The summed E-state index contributed by atoms with van der Waals surface area (Å²) in [5.41, 5.74) is 0.950. The third kappa shape index (κ3) is 3.86. The zero-order valence-electron chi connectivity index (χ0n) is 11.9. The highest BCUT2D eigenvalue weighted by Crippen LogP contribution is 2.17. The maximum atomic E-state index is 12.4. The average Bonchev–Trinajstić information content (AvgIpc) is 3.07. The van der Waals surface area contributed by atoms with Gasteiger partial charge in [0, 0.05) is 6.54 Å². The summed E-state index contributed by atoms with van der Waals surface area (Å²) in [6.45, 7) is 4.84. The maximum Gasteiger partial charge on any atom is 0.244 e. The molecule has 0 amide bonds. The standard InChI is InChI=1S/C11H18N6O3S/c1-3-4-12-5-9-11(8(2)15-16-9)21(18,19)14-6-10-13-7-20-17-10/h7,12,14H,3-6H2,1-2H3,(H,15,16). The van der Waals surface area contributed by atoms with E-state index in [1.165, 1.54) is 0 Å². The minimum Gasteiger partial charge on any atom is -0.343 e. The molecular formula is C11H18N6O3S. The SMILES string of the molecule is CCCNCc1n[nH]c(C)c1S(=O)(=O)NCc1ncon1. The van der Waals surface area contributed by atoms with Crippen molar-refractivity contribution in [1.29, 1.82) is 0 Å². The molecule has 116 valence electrons. The van der Waals surface area contributed by atoms with E-state index in [0.29, 0.717) is 17.9 Å². The molecule has 0 saturated carbocycles. The van der Waals surface area contributed by atoms with Crippen molar-refractivity contribution in [2.45, 2.75) is 38.3 Å². The molecule has 0 aliphatic rings. The Morgan fingerprint density at radius 2 is 2.19 bits per heavy atom. The molecule has 0 spiro atoms. The van der Waals surface area contributed by atoms with E-state index in [4.69, 9.17) is 0 Å². The summed E-state index contributed by atoms with van der Waals surface area (Å²) in [5.74, 6) is 0.269. The highest BCUT2D eigenvalue weighted by Gasteiger charge is 2.24. The summed E-state index contributed by atoms with van der Waals surface area (Å²) in [7, 11) is -3.70. The Morgan fingerprint density at radius 1 is 1.38 bits per heavy atom. The molecule has 0 saturated heterocycles. The van der Waals surface area contributed by atoms with Crippen LogP contribution in [0, 0.1) is 6.92 Å². The molecule has 0 bridgehead atoms. The van der Waals surface area contributed by atoms with Crippen LogP contribution in [0.2, 0.25) is 0 Å². The fourth-order valence-corrected chi connectivity index (χ4v) is 3.17. The number of nitrogens with zero attached hydrogens (tertiary/aromatic N) is 3. The van der Waals surface area contributed by atoms with E-state index in [2.05, 4.69) is 34.9 Å². The fraction of sp³-hybridized carbons (Fsp3) is 0.545. The number of hydrogen-bond acceptors (Lipinski definition) is 7. The normalized spacial score (nSPS) is 11.9. The first-order valence-corrected chi connectivity index (χ1v) is 8.02. The molecule has 2 aromatic heterocycles. The summed E-state index contributed by atoms with van der Waals surface area (Å²) in [4.78, 5) is 3.93.